The van der Waals surface area contributed by atoms with Gasteiger partial charge < -0.3 is 66.8 Å². The van der Waals surface area contributed by atoms with Gasteiger partial charge in [0, 0.05) is 65.6 Å². The number of carbonyl (C=O) groups is 11. The lowest BCUT2D eigenvalue weighted by Gasteiger charge is -2.41. The summed E-state index contributed by atoms with van der Waals surface area (Å²) in [5, 5.41) is 27.0. The number of rotatable bonds is 39. The molecule has 0 aliphatic carbocycles. The summed E-state index contributed by atoms with van der Waals surface area (Å²) in [6, 6.07) is 4.70. The zero-order valence-electron chi connectivity index (χ0n) is 59.6. The van der Waals surface area contributed by atoms with E-state index in [-0.39, 0.29) is 76.7 Å². The van der Waals surface area contributed by atoms with E-state index in [4.69, 9.17) is 19.9 Å². The molecule has 4 rings (SSSR count). The van der Waals surface area contributed by atoms with E-state index in [0.29, 0.717) is 50.6 Å². The number of hydrogen-bond acceptors (Lipinski definition) is 17. The normalized spacial score (nSPS) is 17.5. The zero-order valence-corrected chi connectivity index (χ0v) is 63.6. The molecule has 2 aromatic rings. The minimum Gasteiger partial charge on any atom is -0.444 e. The molecule has 12 atom stereocenters. The van der Waals surface area contributed by atoms with Gasteiger partial charge in [0.05, 0.1) is 48.8 Å². The summed E-state index contributed by atoms with van der Waals surface area (Å²) in [7, 11) is 0.693. The molecule has 558 valence electrons. The number of aliphatic hydroxyl groups excluding tert-OH is 1. The molecule has 0 unspecified atom stereocenters. The number of hydrogen-bond donors (Lipinski definition) is 9. The molecule has 2 heterocycles. The van der Waals surface area contributed by atoms with E-state index in [0.717, 1.165) is 21.9 Å². The first-order valence-electron chi connectivity index (χ1n) is 33.7. The van der Waals surface area contributed by atoms with Crippen LogP contribution in [0.4, 0.5) is 15.3 Å². The van der Waals surface area contributed by atoms with Gasteiger partial charge >= 0.3 is 12.1 Å². The van der Waals surface area contributed by atoms with E-state index in [2.05, 4.69) is 63.8 Å². The summed E-state index contributed by atoms with van der Waals surface area (Å²) in [5.74, 6) is -7.48. The Balaban J connectivity index is 1.45. The summed E-state index contributed by atoms with van der Waals surface area (Å²) in [6.45, 7) is 17.2. The molecular weight excluding hydrogens is 1450 g/mol. The zero-order chi connectivity index (χ0) is 75.2. The average Bonchev–Trinajstić information content (AvgIpc) is 1.49. The van der Waals surface area contributed by atoms with Gasteiger partial charge in [0.1, 0.15) is 44.6 Å². The molecule has 29 nitrogen and oxygen atoms in total. The standard InChI is InChI=1S/C68H103Br2N11O18S/c1-15-40(8)57(48(97-13)35-51(83)80-33-23-27-47(80)59(98-14)41(9)60(85)73-42(10)58(84)43-24-18-16-19-25-43)78(11)66(91)55(38(4)5)77-63(88)56(39(6)7)79(12)68(93)99-36-44-29-30-45(34-49(44)100(94,95)96)74-61(86)46(26-22-31-72-67(71)92)75-62(87)54(37(2)3)76-50(82)28-20-17-21-32-81-64(89)52(69)53(70)65(81)90/h16,18-19,24-25,29-30,34,37-42,46-48,54-59,84H,15,17,20-23,26-28,31-33,35-36H2,1-14H3,(H,73,85)(H,74,86)(H,75,87)(H,76,82)(H,77,88)(H3,71,72,92)(H,94,95,96)/t40-,41+,42+,46-,47-,48+,54-,55-,56-,57-,58+,59+/m0/s1. The largest absolute Gasteiger partial charge is 0.444 e. The van der Waals surface area contributed by atoms with E-state index >= 15 is 0 Å². The van der Waals surface area contributed by atoms with Crippen LogP contribution in [0.25, 0.3) is 0 Å². The number of likely N-dealkylation sites (tertiary alicyclic amines) is 1. The molecule has 2 aromatic carbocycles. The Morgan fingerprint density at radius 1 is 0.750 bits per heavy atom. The van der Waals surface area contributed by atoms with Gasteiger partial charge in [-0.15, -0.1) is 0 Å². The van der Waals surface area contributed by atoms with Crippen molar-refractivity contribution in [2.24, 2.45) is 35.3 Å². The Kier molecular flexibility index (Phi) is 34.1. The van der Waals surface area contributed by atoms with Gasteiger partial charge in [0.2, 0.25) is 41.4 Å². The van der Waals surface area contributed by atoms with Gasteiger partial charge in [-0.3, -0.25) is 57.5 Å². The molecule has 2 aliphatic heterocycles. The molecule has 0 aromatic heterocycles. The third-order valence-corrected chi connectivity index (χ3v) is 21.2. The van der Waals surface area contributed by atoms with Crippen molar-refractivity contribution in [2.75, 3.05) is 53.3 Å². The minimum absolute atomic E-state index is 0.00617. The summed E-state index contributed by atoms with van der Waals surface area (Å²) in [6.07, 6.45) is -0.748. The Bertz CT molecular complexity index is 3320. The quantitative estimate of drug-likeness (QED) is 0.0218. The predicted octanol–water partition coefficient (Wildman–Crippen LogP) is 5.77. The Morgan fingerprint density at radius 3 is 1.94 bits per heavy atom. The van der Waals surface area contributed by atoms with Crippen LogP contribution in [-0.2, 0) is 74.1 Å². The van der Waals surface area contributed by atoms with Gasteiger partial charge in [-0.05, 0) is 119 Å². The molecule has 0 bridgehead atoms. The first-order valence-corrected chi connectivity index (χ1v) is 36.8. The topological polar surface area (TPSA) is 401 Å². The van der Waals surface area contributed by atoms with Crippen LogP contribution < -0.4 is 37.6 Å². The molecule has 0 saturated carbocycles. The second-order valence-electron chi connectivity index (χ2n) is 26.6. The number of ether oxygens (including phenoxy) is 3. The lowest BCUT2D eigenvalue weighted by molar-refractivity contribution is -0.148. The maximum absolute atomic E-state index is 14.9. The van der Waals surface area contributed by atoms with Crippen LogP contribution in [0.15, 0.2) is 62.4 Å². The van der Waals surface area contributed by atoms with Gasteiger partial charge in [0.25, 0.3) is 21.9 Å². The maximum atomic E-state index is 14.9. The number of benzene rings is 2. The molecule has 12 amide bonds. The van der Waals surface area contributed by atoms with Gasteiger partial charge in [-0.2, -0.15) is 8.42 Å². The van der Waals surface area contributed by atoms with Gasteiger partial charge in [-0.1, -0.05) is 112 Å². The highest BCUT2D eigenvalue weighted by molar-refractivity contribution is 9.14. The average molecular weight is 1550 g/mol. The second kappa shape index (κ2) is 39.9. The number of nitrogens with one attached hydrogen (secondary N) is 6. The molecule has 1 fully saturated rings. The summed E-state index contributed by atoms with van der Waals surface area (Å²) >= 11 is 6.17. The fourth-order valence-electron chi connectivity index (χ4n) is 12.4. The molecule has 1 saturated heterocycles. The number of primary amides is 1. The van der Waals surface area contributed by atoms with E-state index in [1.54, 1.807) is 91.6 Å². The van der Waals surface area contributed by atoms with Crippen LogP contribution in [0, 0.1) is 29.6 Å². The van der Waals surface area contributed by atoms with Crippen molar-refractivity contribution in [3.05, 3.63) is 68.6 Å². The Morgan fingerprint density at radius 2 is 1.38 bits per heavy atom. The number of unbranched alkanes of at least 4 members (excludes halogenated alkanes) is 2. The van der Waals surface area contributed by atoms with Gasteiger partial charge in [0.15, 0.2) is 0 Å². The second-order valence-corrected chi connectivity index (χ2v) is 29.6. The first-order chi connectivity index (χ1) is 46.9. The van der Waals surface area contributed by atoms with Crippen LogP contribution in [0.5, 0.6) is 0 Å². The Hall–Kier alpha value is -7.10. The molecule has 10 N–H and O–H groups in total. The highest BCUT2D eigenvalue weighted by Gasteiger charge is 2.45. The molecule has 100 heavy (non-hydrogen) atoms. The molecule has 0 spiro atoms. The fraction of sp³-hybridized carbons (Fsp3) is 0.632. The monoisotopic (exact) mass is 1550 g/mol. The number of likely N-dealkylation sites (N-methyl/N-ethyl adjacent to an activating group) is 2. The smallest absolute Gasteiger partial charge is 0.410 e. The number of imide groups is 1. The van der Waals surface area contributed by atoms with E-state index in [1.807, 2.05) is 19.9 Å². The lowest BCUT2D eigenvalue weighted by atomic mass is 9.89. The van der Waals surface area contributed by atoms with Crippen LogP contribution in [0.2, 0.25) is 0 Å². The lowest BCUT2D eigenvalue weighted by Crippen LogP contribution is -2.60. The van der Waals surface area contributed by atoms with Crippen molar-refractivity contribution in [3.8, 4) is 0 Å². The number of nitrogens with zero attached hydrogens (tertiary/aromatic N) is 4. The molecular formula is C68H103Br2N11O18S. The number of urea groups is 1. The van der Waals surface area contributed by atoms with Crippen molar-refractivity contribution in [1.82, 2.24) is 46.2 Å². The predicted molar refractivity (Wildman–Crippen MR) is 379 cm³/mol. The van der Waals surface area contributed by atoms with Crippen LogP contribution in [0.1, 0.15) is 151 Å². The number of halogens is 2. The van der Waals surface area contributed by atoms with E-state index < -0.39 is 159 Å². The SMILES string of the molecule is CC[C@H](C)[C@@H]([C@@H](CC(=O)N1CCC[C@H]1[C@H](OC)[C@@H](C)C(=O)N[C@H](C)[C@@H](O)c1ccccc1)OC)N(C)C(=O)[C@@H](NC(=O)[C@H](C(C)C)N(C)C(=O)OCc1ccc(NC(=O)[C@H](CCCNC(N)=O)NC(=O)[C@@H](NC(=O)CCCCCN2C(=O)C(Br)=C(Br)C2=O)C(C)C)cc1S(=O)(=O)O)C(C)C. The van der Waals surface area contributed by atoms with E-state index in [1.165, 1.54) is 32.2 Å². The maximum Gasteiger partial charge on any atom is 0.410 e. The number of nitrogens with two attached hydrogens (primary N) is 1. The summed E-state index contributed by atoms with van der Waals surface area (Å²) in [5.41, 5.74) is 5.44. The fourth-order valence-corrected chi connectivity index (χ4v) is 13.9. The summed E-state index contributed by atoms with van der Waals surface area (Å²) in [4.78, 5) is 153. The van der Waals surface area contributed by atoms with Crippen molar-refractivity contribution in [2.45, 2.75) is 206 Å². The van der Waals surface area contributed by atoms with Crippen LogP contribution in [0.3, 0.4) is 0 Å². The Labute approximate surface area is 603 Å². The van der Waals surface area contributed by atoms with E-state index in [9.17, 15) is 70.8 Å². The number of amides is 12. The highest BCUT2D eigenvalue weighted by Crippen LogP contribution is 2.32. The van der Waals surface area contributed by atoms with Gasteiger partial charge in [-0.25, -0.2) is 9.59 Å². The summed E-state index contributed by atoms with van der Waals surface area (Å²) < 4.78 is 54.2. The van der Waals surface area contributed by atoms with Crippen molar-refractivity contribution >= 4 is 113 Å². The van der Waals surface area contributed by atoms with Crippen molar-refractivity contribution in [1.29, 1.82) is 0 Å². The molecule has 2 aliphatic rings. The first kappa shape index (κ1) is 85.3. The number of aliphatic hydroxyl groups is 1. The highest BCUT2D eigenvalue weighted by atomic mass is 79.9. The number of anilines is 1. The molecule has 32 heteroatoms. The molecule has 0 radical (unpaired) electrons. The van der Waals surface area contributed by atoms with Crippen molar-refractivity contribution < 1.29 is 85.0 Å². The van der Waals surface area contributed by atoms with Crippen molar-refractivity contribution in [3.63, 3.8) is 0 Å². The third-order valence-electron chi connectivity index (χ3n) is 18.3. The number of methoxy groups -OCH3 is 2. The minimum atomic E-state index is -5.12. The third kappa shape index (κ3) is 23.7. The van der Waals surface area contributed by atoms with Crippen LogP contribution in [-0.4, -0.2) is 205 Å². The number of carbonyl (C=O) groups excluding carboxylic acids is 11. The van der Waals surface area contributed by atoms with Crippen LogP contribution >= 0.6 is 31.9 Å².